The van der Waals surface area contributed by atoms with Crippen LogP contribution in [-0.4, -0.2) is 17.3 Å². The van der Waals surface area contributed by atoms with Gasteiger partial charge < -0.3 is 5.32 Å². The highest BCUT2D eigenvalue weighted by Gasteiger charge is 2.18. The van der Waals surface area contributed by atoms with Crippen molar-refractivity contribution in [3.63, 3.8) is 0 Å². The average molecular weight is 248 g/mol. The lowest BCUT2D eigenvalue weighted by molar-refractivity contribution is -0.122. The number of unbranched alkanes of at least 4 members (excludes halogenated alkanes) is 4. The van der Waals surface area contributed by atoms with Crippen molar-refractivity contribution in [2.24, 2.45) is 0 Å². The summed E-state index contributed by atoms with van der Waals surface area (Å²) in [4.78, 5) is 11.6. The zero-order valence-electron chi connectivity index (χ0n) is 10.9. The van der Waals surface area contributed by atoms with Gasteiger partial charge in [-0.15, -0.1) is 11.6 Å². The van der Waals surface area contributed by atoms with Crippen molar-refractivity contribution in [1.82, 2.24) is 5.32 Å². The Bertz CT molecular complexity index is 192. The highest BCUT2D eigenvalue weighted by atomic mass is 35.5. The molecule has 0 fully saturated rings. The molecule has 0 radical (unpaired) electrons. The second kappa shape index (κ2) is 8.86. The maximum absolute atomic E-state index is 11.6. The molecule has 3 heteroatoms. The topological polar surface area (TPSA) is 29.1 Å². The number of alkyl halides is 1. The molecule has 0 saturated carbocycles. The van der Waals surface area contributed by atoms with Crippen LogP contribution < -0.4 is 5.32 Å². The minimum absolute atomic E-state index is 0.159. The number of carbonyl (C=O) groups excluding carboxylic acids is 1. The molecule has 96 valence electrons. The third-order valence-corrected chi connectivity index (χ3v) is 2.89. The molecular formula is C13H26ClNO. The molecule has 0 saturated heterocycles. The largest absolute Gasteiger partial charge is 0.351 e. The molecule has 1 N–H and O–H groups in total. The van der Waals surface area contributed by atoms with E-state index < -0.39 is 0 Å². The van der Waals surface area contributed by atoms with E-state index in [0.717, 1.165) is 19.3 Å². The first-order valence-corrected chi connectivity index (χ1v) is 6.92. The molecule has 1 amide bonds. The quantitative estimate of drug-likeness (QED) is 0.486. The number of nitrogens with one attached hydrogen (secondary N) is 1. The summed E-state index contributed by atoms with van der Waals surface area (Å²) in [5.41, 5.74) is -0.164. The Hall–Kier alpha value is -0.240. The lowest BCUT2D eigenvalue weighted by Crippen LogP contribution is -2.43. The third-order valence-electron chi connectivity index (χ3n) is 2.70. The number of carbonyl (C=O) groups is 1. The van der Waals surface area contributed by atoms with Gasteiger partial charge in [0.1, 0.15) is 0 Å². The monoisotopic (exact) mass is 247 g/mol. The van der Waals surface area contributed by atoms with E-state index >= 15 is 0 Å². The number of hydrogen-bond acceptors (Lipinski definition) is 1. The fraction of sp³-hybridized carbons (Fsp3) is 0.923. The molecule has 0 heterocycles. The molecule has 0 bridgehead atoms. The molecule has 0 aromatic heterocycles. The van der Waals surface area contributed by atoms with Gasteiger partial charge in [0.15, 0.2) is 0 Å². The molecule has 0 aliphatic carbocycles. The minimum Gasteiger partial charge on any atom is -0.351 e. The van der Waals surface area contributed by atoms with E-state index in [0.29, 0.717) is 12.3 Å². The molecule has 0 aromatic rings. The SMILES string of the molecule is CCCCCCCC(=O)NC(C)(C)CCCl. The lowest BCUT2D eigenvalue weighted by atomic mass is 10.0. The van der Waals surface area contributed by atoms with Crippen LogP contribution >= 0.6 is 11.6 Å². The first kappa shape index (κ1) is 15.8. The Morgan fingerprint density at radius 2 is 1.81 bits per heavy atom. The summed E-state index contributed by atoms with van der Waals surface area (Å²) in [5, 5.41) is 3.02. The Labute approximate surface area is 105 Å². The summed E-state index contributed by atoms with van der Waals surface area (Å²) in [5.74, 6) is 0.746. The van der Waals surface area contributed by atoms with Gasteiger partial charge in [-0.1, -0.05) is 32.6 Å². The predicted molar refractivity (Wildman–Crippen MR) is 70.9 cm³/mol. The smallest absolute Gasteiger partial charge is 0.220 e. The third kappa shape index (κ3) is 9.02. The summed E-state index contributed by atoms with van der Waals surface area (Å²) in [6.45, 7) is 6.23. The molecule has 0 atom stereocenters. The molecule has 0 unspecified atom stereocenters. The van der Waals surface area contributed by atoms with E-state index in [-0.39, 0.29) is 11.4 Å². The van der Waals surface area contributed by atoms with Crippen molar-refractivity contribution in [2.45, 2.75) is 71.3 Å². The maximum atomic E-state index is 11.6. The fourth-order valence-corrected chi connectivity index (χ4v) is 2.10. The van der Waals surface area contributed by atoms with E-state index in [2.05, 4.69) is 12.2 Å². The standard InChI is InChI=1S/C13H26ClNO/c1-4-5-6-7-8-9-12(16)15-13(2,3)10-11-14/h4-11H2,1-3H3,(H,15,16). The zero-order valence-corrected chi connectivity index (χ0v) is 11.7. The first-order chi connectivity index (χ1) is 7.52. The van der Waals surface area contributed by atoms with Gasteiger partial charge in [0.25, 0.3) is 0 Å². The van der Waals surface area contributed by atoms with Gasteiger partial charge in [0.2, 0.25) is 5.91 Å². The van der Waals surface area contributed by atoms with Gasteiger partial charge in [0, 0.05) is 17.8 Å². The van der Waals surface area contributed by atoms with E-state index in [4.69, 9.17) is 11.6 Å². The Morgan fingerprint density at radius 1 is 1.19 bits per heavy atom. The van der Waals surface area contributed by atoms with Gasteiger partial charge in [-0.3, -0.25) is 4.79 Å². The van der Waals surface area contributed by atoms with E-state index in [1.165, 1.54) is 19.3 Å². The molecule has 2 nitrogen and oxygen atoms in total. The van der Waals surface area contributed by atoms with Crippen LogP contribution in [0.4, 0.5) is 0 Å². The zero-order chi connectivity index (χ0) is 12.4. The van der Waals surface area contributed by atoms with Gasteiger partial charge >= 0.3 is 0 Å². The number of amides is 1. The van der Waals surface area contributed by atoms with Gasteiger partial charge in [0.05, 0.1) is 0 Å². The summed E-state index contributed by atoms with van der Waals surface area (Å²) in [6.07, 6.45) is 7.40. The number of halogens is 1. The Balaban J connectivity index is 3.58. The van der Waals surface area contributed by atoms with Crippen LogP contribution in [0.15, 0.2) is 0 Å². The van der Waals surface area contributed by atoms with Crippen LogP contribution in [0.1, 0.15) is 65.7 Å². The van der Waals surface area contributed by atoms with Crippen LogP contribution in [0, 0.1) is 0 Å². The Kier molecular flexibility index (Phi) is 8.73. The van der Waals surface area contributed by atoms with Gasteiger partial charge in [-0.05, 0) is 26.7 Å². The Morgan fingerprint density at radius 3 is 2.38 bits per heavy atom. The molecule has 0 aliphatic heterocycles. The van der Waals surface area contributed by atoms with Crippen LogP contribution in [0.25, 0.3) is 0 Å². The van der Waals surface area contributed by atoms with Crippen molar-refractivity contribution in [3.05, 3.63) is 0 Å². The fourth-order valence-electron chi connectivity index (χ4n) is 1.63. The second-order valence-electron chi connectivity index (χ2n) is 5.04. The number of rotatable bonds is 9. The van der Waals surface area contributed by atoms with Crippen LogP contribution in [0.2, 0.25) is 0 Å². The lowest BCUT2D eigenvalue weighted by Gasteiger charge is -2.25. The molecule has 16 heavy (non-hydrogen) atoms. The summed E-state index contributed by atoms with van der Waals surface area (Å²) in [6, 6.07) is 0. The van der Waals surface area contributed by atoms with Crippen LogP contribution in [0.3, 0.4) is 0 Å². The molecule has 0 aromatic carbocycles. The van der Waals surface area contributed by atoms with Crippen LogP contribution in [-0.2, 0) is 4.79 Å². The second-order valence-corrected chi connectivity index (χ2v) is 5.41. The molecular weight excluding hydrogens is 222 g/mol. The van der Waals surface area contributed by atoms with Crippen molar-refractivity contribution < 1.29 is 4.79 Å². The summed E-state index contributed by atoms with van der Waals surface area (Å²) >= 11 is 5.68. The van der Waals surface area contributed by atoms with Crippen LogP contribution in [0.5, 0.6) is 0 Å². The minimum atomic E-state index is -0.164. The van der Waals surface area contributed by atoms with Gasteiger partial charge in [-0.25, -0.2) is 0 Å². The van der Waals surface area contributed by atoms with E-state index in [1.54, 1.807) is 0 Å². The van der Waals surface area contributed by atoms with E-state index in [1.807, 2.05) is 13.8 Å². The van der Waals surface area contributed by atoms with Crippen molar-refractivity contribution in [2.75, 3.05) is 5.88 Å². The summed E-state index contributed by atoms with van der Waals surface area (Å²) < 4.78 is 0. The van der Waals surface area contributed by atoms with E-state index in [9.17, 15) is 4.79 Å². The number of hydrogen-bond donors (Lipinski definition) is 1. The molecule has 0 aliphatic rings. The maximum Gasteiger partial charge on any atom is 0.220 e. The average Bonchev–Trinajstić information content (AvgIpc) is 2.16. The molecule has 0 rings (SSSR count). The first-order valence-electron chi connectivity index (χ1n) is 6.39. The van der Waals surface area contributed by atoms with Crippen molar-refractivity contribution in [1.29, 1.82) is 0 Å². The van der Waals surface area contributed by atoms with Crippen molar-refractivity contribution in [3.8, 4) is 0 Å². The normalized spacial score (nSPS) is 11.5. The van der Waals surface area contributed by atoms with Crippen molar-refractivity contribution >= 4 is 17.5 Å². The highest BCUT2D eigenvalue weighted by Crippen LogP contribution is 2.11. The predicted octanol–water partition coefficient (Wildman–Crippen LogP) is 3.87. The molecule has 0 spiro atoms. The van der Waals surface area contributed by atoms with Gasteiger partial charge in [-0.2, -0.15) is 0 Å². The highest BCUT2D eigenvalue weighted by molar-refractivity contribution is 6.17. The summed E-state index contributed by atoms with van der Waals surface area (Å²) in [7, 11) is 0.